The number of benzene rings is 1. The normalized spacial score (nSPS) is 12.6. The molecule has 0 spiro atoms. The van der Waals surface area contributed by atoms with Gasteiger partial charge in [-0.05, 0) is 65.9 Å². The van der Waals surface area contributed by atoms with E-state index in [0.717, 1.165) is 24.9 Å². The van der Waals surface area contributed by atoms with Crippen LogP contribution in [0.3, 0.4) is 0 Å². The zero-order valence-electron chi connectivity index (χ0n) is 10.5. The highest BCUT2D eigenvalue weighted by molar-refractivity contribution is 7.07. The van der Waals surface area contributed by atoms with E-state index in [1.54, 1.807) is 23.5 Å². The van der Waals surface area contributed by atoms with Crippen LogP contribution in [0.15, 0.2) is 41.1 Å². The predicted octanol–water partition coefficient (Wildman–Crippen LogP) is 3.82. The number of likely N-dealkylation sites (N-methyl/N-ethyl adjacent to an activating group) is 1. The van der Waals surface area contributed by atoms with E-state index in [1.165, 1.54) is 11.6 Å². The van der Waals surface area contributed by atoms with Crippen molar-refractivity contribution in [3.05, 3.63) is 58.0 Å². The number of hydrogen-bond donors (Lipinski definition) is 1. The van der Waals surface area contributed by atoms with Crippen LogP contribution >= 0.6 is 11.3 Å². The summed E-state index contributed by atoms with van der Waals surface area (Å²) in [5.74, 6) is 0.217. The van der Waals surface area contributed by atoms with Crippen molar-refractivity contribution in [2.45, 2.75) is 18.8 Å². The second kappa shape index (κ2) is 6.66. The maximum absolute atomic E-state index is 13.3. The van der Waals surface area contributed by atoms with Crippen molar-refractivity contribution in [3.63, 3.8) is 0 Å². The van der Waals surface area contributed by atoms with Gasteiger partial charge in [0.15, 0.2) is 0 Å². The quantitative estimate of drug-likeness (QED) is 0.835. The van der Waals surface area contributed by atoms with Gasteiger partial charge >= 0.3 is 0 Å². The molecule has 0 radical (unpaired) electrons. The van der Waals surface area contributed by atoms with Gasteiger partial charge in [-0.1, -0.05) is 12.1 Å². The molecule has 1 aromatic heterocycles. The molecule has 2 aromatic rings. The second-order valence-corrected chi connectivity index (χ2v) is 5.26. The molecule has 0 fully saturated rings. The van der Waals surface area contributed by atoms with Crippen LogP contribution in [0.4, 0.5) is 4.39 Å². The van der Waals surface area contributed by atoms with Crippen LogP contribution in [0, 0.1) is 5.82 Å². The number of aryl methyl sites for hydroxylation is 1. The standard InChI is InChI=1S/C15H18FNS/c1-17-10-14(6-5-12-7-8-18-11-12)13-3-2-4-15(16)9-13/h2-4,7-9,11,14,17H,5-6,10H2,1H3. The highest BCUT2D eigenvalue weighted by Crippen LogP contribution is 2.22. The van der Waals surface area contributed by atoms with Crippen LogP contribution in [0.1, 0.15) is 23.5 Å². The van der Waals surface area contributed by atoms with Gasteiger partial charge in [0.1, 0.15) is 5.82 Å². The van der Waals surface area contributed by atoms with E-state index in [9.17, 15) is 4.39 Å². The lowest BCUT2D eigenvalue weighted by molar-refractivity contribution is 0.573. The lowest BCUT2D eigenvalue weighted by Crippen LogP contribution is -2.18. The third-order valence-corrected chi connectivity index (χ3v) is 3.86. The summed E-state index contributed by atoms with van der Waals surface area (Å²) in [6, 6.07) is 9.11. The number of hydrogen-bond acceptors (Lipinski definition) is 2. The number of thiophene rings is 1. The summed E-state index contributed by atoms with van der Waals surface area (Å²) >= 11 is 1.73. The zero-order chi connectivity index (χ0) is 12.8. The summed E-state index contributed by atoms with van der Waals surface area (Å²) < 4.78 is 13.3. The third-order valence-electron chi connectivity index (χ3n) is 3.13. The Morgan fingerprint density at radius 2 is 2.22 bits per heavy atom. The van der Waals surface area contributed by atoms with Crippen LogP contribution < -0.4 is 5.32 Å². The van der Waals surface area contributed by atoms with Crippen LogP contribution in [0.5, 0.6) is 0 Å². The molecule has 0 saturated carbocycles. The first-order chi connectivity index (χ1) is 8.79. The lowest BCUT2D eigenvalue weighted by atomic mass is 9.93. The molecule has 0 amide bonds. The van der Waals surface area contributed by atoms with E-state index >= 15 is 0 Å². The van der Waals surface area contributed by atoms with Crippen LogP contribution in [-0.2, 0) is 6.42 Å². The summed E-state index contributed by atoms with van der Waals surface area (Å²) in [6.45, 7) is 0.883. The summed E-state index contributed by atoms with van der Waals surface area (Å²) in [5.41, 5.74) is 2.46. The Hall–Kier alpha value is -1.19. The highest BCUT2D eigenvalue weighted by Gasteiger charge is 2.11. The maximum Gasteiger partial charge on any atom is 0.123 e. The minimum atomic E-state index is -0.149. The minimum absolute atomic E-state index is 0.149. The molecule has 0 aliphatic rings. The van der Waals surface area contributed by atoms with Crippen molar-refractivity contribution in [3.8, 4) is 0 Å². The summed E-state index contributed by atoms with van der Waals surface area (Å²) in [7, 11) is 1.94. The van der Waals surface area contributed by atoms with Gasteiger partial charge < -0.3 is 5.32 Å². The molecule has 18 heavy (non-hydrogen) atoms. The Kier molecular flexibility index (Phi) is 4.90. The summed E-state index contributed by atoms with van der Waals surface area (Å²) in [5, 5.41) is 7.48. The van der Waals surface area contributed by atoms with Crippen molar-refractivity contribution < 1.29 is 4.39 Å². The number of nitrogens with one attached hydrogen (secondary N) is 1. The van der Waals surface area contributed by atoms with E-state index in [1.807, 2.05) is 13.1 Å². The predicted molar refractivity (Wildman–Crippen MR) is 75.7 cm³/mol. The Morgan fingerprint density at radius 1 is 1.33 bits per heavy atom. The summed E-state index contributed by atoms with van der Waals surface area (Å²) in [4.78, 5) is 0. The van der Waals surface area contributed by atoms with Gasteiger partial charge in [-0.15, -0.1) is 0 Å². The van der Waals surface area contributed by atoms with Gasteiger partial charge in [0, 0.05) is 6.54 Å². The molecule has 1 heterocycles. The van der Waals surface area contributed by atoms with E-state index in [4.69, 9.17) is 0 Å². The first kappa shape index (κ1) is 13.2. The lowest BCUT2D eigenvalue weighted by Gasteiger charge is -2.16. The van der Waals surface area contributed by atoms with Gasteiger partial charge in [0.05, 0.1) is 0 Å². The second-order valence-electron chi connectivity index (χ2n) is 4.48. The first-order valence-electron chi connectivity index (χ1n) is 6.20. The average molecular weight is 263 g/mol. The van der Waals surface area contributed by atoms with Crippen molar-refractivity contribution in [1.29, 1.82) is 0 Å². The van der Waals surface area contributed by atoms with Crippen molar-refractivity contribution >= 4 is 11.3 Å². The fraction of sp³-hybridized carbons (Fsp3) is 0.333. The number of halogens is 1. The largest absolute Gasteiger partial charge is 0.319 e. The Labute approximate surface area is 112 Å². The van der Waals surface area contributed by atoms with E-state index in [2.05, 4.69) is 22.1 Å². The molecule has 1 aromatic carbocycles. The van der Waals surface area contributed by atoms with Crippen LogP contribution in [-0.4, -0.2) is 13.6 Å². The van der Waals surface area contributed by atoms with Gasteiger partial charge in [0.25, 0.3) is 0 Å². The minimum Gasteiger partial charge on any atom is -0.319 e. The van der Waals surface area contributed by atoms with E-state index in [0.29, 0.717) is 5.92 Å². The molecule has 96 valence electrons. The SMILES string of the molecule is CNCC(CCc1ccsc1)c1cccc(F)c1. The topological polar surface area (TPSA) is 12.0 Å². The Bertz CT molecular complexity index is 467. The summed E-state index contributed by atoms with van der Waals surface area (Å²) in [6.07, 6.45) is 2.09. The van der Waals surface area contributed by atoms with Crippen LogP contribution in [0.25, 0.3) is 0 Å². The fourth-order valence-corrected chi connectivity index (χ4v) is 2.87. The molecule has 0 saturated heterocycles. The molecular formula is C15H18FNS. The Balaban J connectivity index is 2.03. The van der Waals surface area contributed by atoms with E-state index in [-0.39, 0.29) is 5.82 Å². The smallest absolute Gasteiger partial charge is 0.123 e. The maximum atomic E-state index is 13.3. The van der Waals surface area contributed by atoms with Gasteiger partial charge in [-0.25, -0.2) is 4.39 Å². The van der Waals surface area contributed by atoms with Gasteiger partial charge in [-0.3, -0.25) is 0 Å². The molecule has 1 N–H and O–H groups in total. The molecule has 0 aliphatic heterocycles. The third kappa shape index (κ3) is 3.65. The molecule has 0 bridgehead atoms. The molecule has 1 unspecified atom stereocenters. The monoisotopic (exact) mass is 263 g/mol. The molecule has 0 aliphatic carbocycles. The molecule has 2 rings (SSSR count). The van der Waals surface area contributed by atoms with E-state index < -0.39 is 0 Å². The van der Waals surface area contributed by atoms with Crippen molar-refractivity contribution in [2.75, 3.05) is 13.6 Å². The Morgan fingerprint density at radius 3 is 2.89 bits per heavy atom. The molecular weight excluding hydrogens is 245 g/mol. The average Bonchev–Trinajstić information content (AvgIpc) is 2.87. The first-order valence-corrected chi connectivity index (χ1v) is 7.15. The fourth-order valence-electron chi connectivity index (χ4n) is 2.17. The highest BCUT2D eigenvalue weighted by atomic mass is 32.1. The molecule has 1 nitrogen and oxygen atoms in total. The molecule has 1 atom stereocenters. The number of rotatable bonds is 6. The van der Waals surface area contributed by atoms with Gasteiger partial charge in [-0.2, -0.15) is 11.3 Å². The van der Waals surface area contributed by atoms with Crippen molar-refractivity contribution in [2.24, 2.45) is 0 Å². The van der Waals surface area contributed by atoms with Crippen LogP contribution in [0.2, 0.25) is 0 Å². The van der Waals surface area contributed by atoms with Gasteiger partial charge in [0.2, 0.25) is 0 Å². The van der Waals surface area contributed by atoms with Crippen molar-refractivity contribution in [1.82, 2.24) is 5.32 Å². The zero-order valence-corrected chi connectivity index (χ0v) is 11.3. The molecule has 3 heteroatoms.